The maximum atomic E-state index is 12.3. The van der Waals surface area contributed by atoms with E-state index in [-0.39, 0.29) is 41.3 Å². The van der Waals surface area contributed by atoms with Crippen LogP contribution >= 0.6 is 0 Å². The molecule has 1 fully saturated rings. The number of ether oxygens (including phenoxy) is 2. The highest BCUT2D eigenvalue weighted by Gasteiger charge is 2.29. The Morgan fingerprint density at radius 1 is 1.38 bits per heavy atom. The van der Waals surface area contributed by atoms with Crippen LogP contribution in [-0.4, -0.2) is 45.3 Å². The van der Waals surface area contributed by atoms with Gasteiger partial charge in [0.05, 0.1) is 24.3 Å². The van der Waals surface area contributed by atoms with Gasteiger partial charge in [-0.25, -0.2) is 13.8 Å². The first kappa shape index (κ1) is 20.1. The summed E-state index contributed by atoms with van der Waals surface area (Å²) >= 11 is 0. The van der Waals surface area contributed by atoms with Gasteiger partial charge in [0.15, 0.2) is 21.3 Å². The van der Waals surface area contributed by atoms with Gasteiger partial charge < -0.3 is 9.47 Å². The average molecular weight is 390 g/mol. The van der Waals surface area contributed by atoms with Crippen molar-refractivity contribution in [2.45, 2.75) is 26.4 Å². The third kappa shape index (κ3) is 5.65. The summed E-state index contributed by atoms with van der Waals surface area (Å²) in [5.74, 6) is -0.436. The lowest BCUT2D eigenvalue weighted by molar-refractivity contribution is -0.121. The molecule has 0 spiro atoms. The van der Waals surface area contributed by atoms with Gasteiger partial charge in [-0.1, -0.05) is 0 Å². The van der Waals surface area contributed by atoms with Crippen molar-refractivity contribution in [2.75, 3.05) is 18.6 Å². The number of carbonyl (C=O) groups is 1. The van der Waals surface area contributed by atoms with Crippen LogP contribution < -0.4 is 14.9 Å². The summed E-state index contributed by atoms with van der Waals surface area (Å²) in [6.07, 6.45) is 0.557. The summed E-state index contributed by atoms with van der Waals surface area (Å²) in [7, 11) is -1.71. The molecule has 1 aromatic rings. The monoisotopic (exact) mass is 390 g/mol. The number of methoxy groups -OCH3 is 1. The van der Waals surface area contributed by atoms with Gasteiger partial charge in [-0.15, -0.1) is 0 Å². The Labute approximate surface area is 150 Å². The van der Waals surface area contributed by atoms with Gasteiger partial charge in [-0.2, -0.15) is 13.9 Å². The second-order valence-corrected chi connectivity index (χ2v) is 8.18. The van der Waals surface area contributed by atoms with E-state index in [0.717, 1.165) is 0 Å². The third-order valence-electron chi connectivity index (χ3n) is 3.95. The fourth-order valence-electron chi connectivity index (χ4n) is 2.64. The molecule has 0 unspecified atom stereocenters. The first-order valence-electron chi connectivity index (χ1n) is 7.87. The van der Waals surface area contributed by atoms with Crippen molar-refractivity contribution in [1.82, 2.24) is 5.43 Å². The molecule has 26 heavy (non-hydrogen) atoms. The molecular formula is C16H20F2N2O5S. The van der Waals surface area contributed by atoms with Crippen LogP contribution in [0.4, 0.5) is 8.78 Å². The molecule has 0 saturated carbocycles. The molecule has 0 aliphatic carbocycles. The molecule has 0 radical (unpaired) electrons. The molecule has 7 nitrogen and oxygen atoms in total. The molecule has 10 heteroatoms. The molecule has 1 saturated heterocycles. The van der Waals surface area contributed by atoms with Gasteiger partial charge in [0, 0.05) is 12.0 Å². The van der Waals surface area contributed by atoms with Crippen molar-refractivity contribution in [3.8, 4) is 11.5 Å². The van der Waals surface area contributed by atoms with E-state index in [4.69, 9.17) is 4.74 Å². The quantitative estimate of drug-likeness (QED) is 0.567. The number of halogens is 2. The van der Waals surface area contributed by atoms with Crippen molar-refractivity contribution in [3.63, 3.8) is 0 Å². The SMILES string of the molecule is COc1cc(/C(C)=N\NC(=O)C[C@@H]2CCS(=O)(=O)C2)ccc1OC(F)F. The van der Waals surface area contributed by atoms with Crippen LogP contribution in [0.3, 0.4) is 0 Å². The zero-order valence-corrected chi connectivity index (χ0v) is 15.2. The van der Waals surface area contributed by atoms with Crippen molar-refractivity contribution in [1.29, 1.82) is 0 Å². The summed E-state index contributed by atoms with van der Waals surface area (Å²) in [4.78, 5) is 11.9. The zero-order chi connectivity index (χ0) is 19.3. The minimum Gasteiger partial charge on any atom is -0.493 e. The lowest BCUT2D eigenvalue weighted by atomic mass is 10.1. The van der Waals surface area contributed by atoms with E-state index < -0.39 is 16.4 Å². The molecule has 1 atom stereocenters. The fraction of sp³-hybridized carbons (Fsp3) is 0.500. The Balaban J connectivity index is 1.99. The molecule has 1 amide bonds. The largest absolute Gasteiger partial charge is 0.493 e. The smallest absolute Gasteiger partial charge is 0.387 e. The minimum absolute atomic E-state index is 0.0198. The highest BCUT2D eigenvalue weighted by Crippen LogP contribution is 2.29. The summed E-state index contributed by atoms with van der Waals surface area (Å²) in [5, 5.41) is 3.96. The number of carbonyl (C=O) groups excluding carboxylic acids is 1. The van der Waals surface area contributed by atoms with E-state index in [1.807, 2.05) is 0 Å². The van der Waals surface area contributed by atoms with Crippen LogP contribution in [0.1, 0.15) is 25.3 Å². The summed E-state index contributed by atoms with van der Waals surface area (Å²) in [6, 6.07) is 4.30. The van der Waals surface area contributed by atoms with Crippen molar-refractivity contribution >= 4 is 21.5 Å². The predicted octanol–water partition coefficient (Wildman–Crippen LogP) is 1.96. The number of rotatable bonds is 7. The van der Waals surface area contributed by atoms with Crippen LogP contribution in [0.2, 0.25) is 0 Å². The third-order valence-corrected chi connectivity index (χ3v) is 5.78. The number of benzene rings is 1. The molecule has 1 N–H and O–H groups in total. The van der Waals surface area contributed by atoms with Gasteiger partial charge in [0.1, 0.15) is 0 Å². The second-order valence-electron chi connectivity index (χ2n) is 5.95. The van der Waals surface area contributed by atoms with E-state index in [1.165, 1.54) is 25.3 Å². The predicted molar refractivity (Wildman–Crippen MR) is 91.4 cm³/mol. The van der Waals surface area contributed by atoms with E-state index in [9.17, 15) is 22.0 Å². The second kappa shape index (κ2) is 8.43. The summed E-state index contributed by atoms with van der Waals surface area (Å²) in [6.45, 7) is -1.34. The number of nitrogens with one attached hydrogen (secondary N) is 1. The highest BCUT2D eigenvalue weighted by molar-refractivity contribution is 7.91. The minimum atomic E-state index is -3.03. The number of sulfone groups is 1. The molecule has 1 aromatic carbocycles. The number of hydrogen-bond acceptors (Lipinski definition) is 6. The van der Waals surface area contributed by atoms with Crippen molar-refractivity contribution in [2.24, 2.45) is 11.0 Å². The van der Waals surface area contributed by atoms with Gasteiger partial charge in [0.2, 0.25) is 5.91 Å². The standard InChI is InChI=1S/C16H20F2N2O5S/c1-10(12-3-4-13(25-16(17)18)14(8-12)24-2)19-20-15(21)7-11-5-6-26(22,23)9-11/h3-4,8,11,16H,5-7,9H2,1-2H3,(H,20,21)/b19-10-/t11-/m0/s1. The maximum absolute atomic E-state index is 12.3. The Kier molecular flexibility index (Phi) is 6.52. The molecule has 2 rings (SSSR count). The first-order valence-corrected chi connectivity index (χ1v) is 9.69. The number of alkyl halides is 2. The van der Waals surface area contributed by atoms with E-state index in [2.05, 4.69) is 15.3 Å². The Morgan fingerprint density at radius 3 is 2.69 bits per heavy atom. The first-order chi connectivity index (χ1) is 12.2. The molecule has 144 valence electrons. The molecule has 1 heterocycles. The fourth-order valence-corrected chi connectivity index (χ4v) is 4.50. The lowest BCUT2D eigenvalue weighted by Gasteiger charge is -2.11. The molecule has 1 aliphatic heterocycles. The normalized spacial score (nSPS) is 19.4. The topological polar surface area (TPSA) is 94.1 Å². The van der Waals surface area contributed by atoms with Crippen LogP contribution in [0.5, 0.6) is 11.5 Å². The lowest BCUT2D eigenvalue weighted by Crippen LogP contribution is -2.22. The van der Waals surface area contributed by atoms with Crippen molar-refractivity contribution in [3.05, 3.63) is 23.8 Å². The molecule has 1 aliphatic rings. The molecular weight excluding hydrogens is 370 g/mol. The Hall–Kier alpha value is -2.23. The number of nitrogens with zero attached hydrogens (tertiary/aromatic N) is 1. The number of hydrogen-bond donors (Lipinski definition) is 1. The van der Waals surface area contributed by atoms with Gasteiger partial charge in [0.25, 0.3) is 0 Å². The van der Waals surface area contributed by atoms with Crippen LogP contribution in [0.15, 0.2) is 23.3 Å². The summed E-state index contributed by atoms with van der Waals surface area (Å²) < 4.78 is 56.8. The molecule has 0 bridgehead atoms. The van der Waals surface area contributed by atoms with E-state index in [1.54, 1.807) is 6.92 Å². The summed E-state index contributed by atoms with van der Waals surface area (Å²) in [5.41, 5.74) is 3.36. The highest BCUT2D eigenvalue weighted by atomic mass is 32.2. The maximum Gasteiger partial charge on any atom is 0.387 e. The molecule has 0 aromatic heterocycles. The number of amides is 1. The Bertz CT molecular complexity index is 796. The van der Waals surface area contributed by atoms with Gasteiger partial charge in [-0.05, 0) is 37.5 Å². The number of hydrazone groups is 1. The zero-order valence-electron chi connectivity index (χ0n) is 14.4. The van der Waals surface area contributed by atoms with E-state index >= 15 is 0 Å². The average Bonchev–Trinajstić information content (AvgIpc) is 2.91. The van der Waals surface area contributed by atoms with E-state index in [0.29, 0.717) is 17.7 Å². The van der Waals surface area contributed by atoms with Crippen LogP contribution in [0.25, 0.3) is 0 Å². The Morgan fingerprint density at radius 2 is 2.12 bits per heavy atom. The van der Waals surface area contributed by atoms with Crippen LogP contribution in [0, 0.1) is 5.92 Å². The van der Waals surface area contributed by atoms with Crippen LogP contribution in [-0.2, 0) is 14.6 Å². The van der Waals surface area contributed by atoms with Gasteiger partial charge >= 0.3 is 6.61 Å². The van der Waals surface area contributed by atoms with Crippen molar-refractivity contribution < 1.29 is 31.5 Å². The van der Waals surface area contributed by atoms with Gasteiger partial charge in [-0.3, -0.25) is 4.79 Å².